The molecule has 2 rings (SSSR count). The Morgan fingerprint density at radius 3 is 2.93 bits per heavy atom. The van der Waals surface area contributed by atoms with Crippen molar-refractivity contribution < 1.29 is 4.79 Å². The summed E-state index contributed by atoms with van der Waals surface area (Å²) in [5, 5.41) is 0. The molecule has 0 saturated carbocycles. The highest BCUT2D eigenvalue weighted by molar-refractivity contribution is 5.86. The van der Waals surface area contributed by atoms with E-state index in [9.17, 15) is 4.79 Å². The molecule has 0 N–H and O–H groups in total. The minimum Gasteiger partial charge on any atom is -0.374 e. The summed E-state index contributed by atoms with van der Waals surface area (Å²) in [4.78, 5) is 13.1. The van der Waals surface area contributed by atoms with Crippen LogP contribution in [0.4, 0.5) is 5.69 Å². The molecule has 0 bridgehead atoms. The van der Waals surface area contributed by atoms with E-state index < -0.39 is 0 Å². The van der Waals surface area contributed by atoms with E-state index in [4.69, 9.17) is 0 Å². The lowest BCUT2D eigenvalue weighted by molar-refractivity contribution is 0.112. The highest BCUT2D eigenvalue weighted by Crippen LogP contribution is 2.30. The van der Waals surface area contributed by atoms with Crippen molar-refractivity contribution in [2.75, 3.05) is 18.5 Å². The Kier molecular flexibility index (Phi) is 2.28. The number of hydrogen-bond acceptors (Lipinski definition) is 2. The first kappa shape index (κ1) is 9.25. The average molecular weight is 189 g/mol. The maximum atomic E-state index is 10.9. The third-order valence-electron chi connectivity index (χ3n) is 2.81. The molecule has 0 aromatic heterocycles. The lowest BCUT2D eigenvalue weighted by Crippen LogP contribution is -2.26. The first-order chi connectivity index (χ1) is 6.72. The van der Waals surface area contributed by atoms with Crippen LogP contribution >= 0.6 is 0 Å². The molecule has 1 aromatic carbocycles. The Hall–Kier alpha value is -1.31. The number of aryl methyl sites for hydroxylation is 2. The van der Waals surface area contributed by atoms with Crippen LogP contribution in [0.5, 0.6) is 0 Å². The van der Waals surface area contributed by atoms with Crippen LogP contribution in [0.2, 0.25) is 0 Å². The van der Waals surface area contributed by atoms with Crippen LogP contribution in [0.1, 0.15) is 27.9 Å². The maximum absolute atomic E-state index is 10.9. The zero-order valence-corrected chi connectivity index (χ0v) is 8.71. The number of fused-ring (bicyclic) bond motifs is 1. The third kappa shape index (κ3) is 1.41. The standard InChI is InChI=1S/C12H15NO/c1-9-6-10-4-3-5-13(2)12(10)11(7-9)8-14/h6-8H,3-5H2,1-2H3. The number of nitrogens with zero attached hydrogens (tertiary/aromatic N) is 1. The number of benzene rings is 1. The number of carbonyl (C=O) groups is 1. The summed E-state index contributed by atoms with van der Waals surface area (Å²) in [6.07, 6.45) is 3.25. The monoisotopic (exact) mass is 189 g/mol. The van der Waals surface area contributed by atoms with Gasteiger partial charge in [-0.05, 0) is 37.0 Å². The molecule has 0 atom stereocenters. The Bertz CT molecular complexity index is 371. The largest absolute Gasteiger partial charge is 0.374 e. The minimum atomic E-state index is 0.835. The van der Waals surface area contributed by atoms with E-state index in [1.807, 2.05) is 13.0 Å². The van der Waals surface area contributed by atoms with E-state index >= 15 is 0 Å². The smallest absolute Gasteiger partial charge is 0.152 e. The van der Waals surface area contributed by atoms with Gasteiger partial charge in [0.1, 0.15) is 0 Å². The van der Waals surface area contributed by atoms with Gasteiger partial charge in [0.05, 0.1) is 5.69 Å². The zero-order chi connectivity index (χ0) is 10.1. The van der Waals surface area contributed by atoms with Gasteiger partial charge in [-0.2, -0.15) is 0 Å². The van der Waals surface area contributed by atoms with E-state index in [0.717, 1.165) is 30.5 Å². The topological polar surface area (TPSA) is 20.3 Å². The second kappa shape index (κ2) is 3.45. The maximum Gasteiger partial charge on any atom is 0.152 e. The molecule has 0 saturated heterocycles. The average Bonchev–Trinajstić information content (AvgIpc) is 2.16. The fraction of sp³-hybridized carbons (Fsp3) is 0.417. The molecule has 1 aliphatic heterocycles. The van der Waals surface area contributed by atoms with Crippen molar-refractivity contribution in [3.8, 4) is 0 Å². The molecule has 0 fully saturated rings. The Labute approximate surface area is 84.5 Å². The van der Waals surface area contributed by atoms with Crippen molar-refractivity contribution in [3.63, 3.8) is 0 Å². The lowest BCUT2D eigenvalue weighted by Gasteiger charge is -2.29. The van der Waals surface area contributed by atoms with Crippen LogP contribution in [0.15, 0.2) is 12.1 Å². The van der Waals surface area contributed by atoms with Gasteiger partial charge in [-0.1, -0.05) is 6.07 Å². The minimum absolute atomic E-state index is 0.835. The van der Waals surface area contributed by atoms with E-state index in [1.54, 1.807) is 0 Å². The van der Waals surface area contributed by atoms with E-state index in [0.29, 0.717) is 0 Å². The summed E-state index contributed by atoms with van der Waals surface area (Å²) in [5.74, 6) is 0. The molecular formula is C12H15NO. The van der Waals surface area contributed by atoms with Gasteiger partial charge in [-0.15, -0.1) is 0 Å². The van der Waals surface area contributed by atoms with Gasteiger partial charge in [-0.25, -0.2) is 0 Å². The van der Waals surface area contributed by atoms with Gasteiger partial charge in [0.2, 0.25) is 0 Å². The SMILES string of the molecule is Cc1cc(C=O)c2c(c1)CCCN2C. The summed E-state index contributed by atoms with van der Waals surface area (Å²) in [5.41, 5.74) is 4.47. The Morgan fingerprint density at radius 2 is 2.21 bits per heavy atom. The molecule has 2 nitrogen and oxygen atoms in total. The van der Waals surface area contributed by atoms with Crippen LogP contribution in [0.25, 0.3) is 0 Å². The molecule has 0 radical (unpaired) electrons. The molecule has 14 heavy (non-hydrogen) atoms. The first-order valence-electron chi connectivity index (χ1n) is 5.02. The van der Waals surface area contributed by atoms with Gasteiger partial charge in [-0.3, -0.25) is 4.79 Å². The highest BCUT2D eigenvalue weighted by atomic mass is 16.1. The number of hydrogen-bond donors (Lipinski definition) is 0. The van der Waals surface area contributed by atoms with Crippen LogP contribution in [-0.4, -0.2) is 19.9 Å². The first-order valence-corrected chi connectivity index (χ1v) is 5.02. The molecular weight excluding hydrogens is 174 g/mol. The van der Waals surface area contributed by atoms with Crippen LogP contribution in [0, 0.1) is 6.92 Å². The van der Waals surface area contributed by atoms with Gasteiger partial charge in [0.25, 0.3) is 0 Å². The molecule has 1 aliphatic rings. The van der Waals surface area contributed by atoms with Crippen molar-refractivity contribution in [1.29, 1.82) is 0 Å². The van der Waals surface area contributed by atoms with Gasteiger partial charge in [0, 0.05) is 19.2 Å². The predicted molar refractivity (Wildman–Crippen MR) is 58.2 cm³/mol. The van der Waals surface area contributed by atoms with Crippen molar-refractivity contribution in [1.82, 2.24) is 0 Å². The van der Waals surface area contributed by atoms with Gasteiger partial charge >= 0.3 is 0 Å². The molecule has 1 aromatic rings. The summed E-state index contributed by atoms with van der Waals surface area (Å²) in [7, 11) is 2.06. The molecule has 0 aliphatic carbocycles. The molecule has 74 valence electrons. The van der Waals surface area contributed by atoms with E-state index in [-0.39, 0.29) is 0 Å². The summed E-state index contributed by atoms with van der Waals surface area (Å²) >= 11 is 0. The molecule has 1 heterocycles. The fourth-order valence-electron chi connectivity index (χ4n) is 2.25. The number of anilines is 1. The predicted octanol–water partition coefficient (Wildman–Crippen LogP) is 2.19. The fourth-order valence-corrected chi connectivity index (χ4v) is 2.25. The number of carbonyl (C=O) groups excluding carboxylic acids is 1. The highest BCUT2D eigenvalue weighted by Gasteiger charge is 2.17. The third-order valence-corrected chi connectivity index (χ3v) is 2.81. The molecule has 0 amide bonds. The van der Waals surface area contributed by atoms with E-state index in [1.165, 1.54) is 17.5 Å². The Morgan fingerprint density at radius 1 is 1.43 bits per heavy atom. The van der Waals surface area contributed by atoms with Crippen LogP contribution < -0.4 is 4.90 Å². The van der Waals surface area contributed by atoms with Crippen LogP contribution in [-0.2, 0) is 6.42 Å². The summed E-state index contributed by atoms with van der Waals surface area (Å²) in [6.45, 7) is 3.10. The second-order valence-electron chi connectivity index (χ2n) is 4.00. The number of rotatable bonds is 1. The normalized spacial score (nSPS) is 15.1. The van der Waals surface area contributed by atoms with Gasteiger partial charge in [0.15, 0.2) is 6.29 Å². The zero-order valence-electron chi connectivity index (χ0n) is 8.71. The molecule has 0 spiro atoms. The van der Waals surface area contributed by atoms with Crippen molar-refractivity contribution in [2.24, 2.45) is 0 Å². The van der Waals surface area contributed by atoms with Crippen molar-refractivity contribution in [3.05, 3.63) is 28.8 Å². The molecule has 0 unspecified atom stereocenters. The summed E-state index contributed by atoms with van der Waals surface area (Å²) in [6, 6.07) is 4.16. The number of aldehydes is 1. The quantitative estimate of drug-likeness (QED) is 0.631. The summed E-state index contributed by atoms with van der Waals surface area (Å²) < 4.78 is 0. The van der Waals surface area contributed by atoms with Crippen molar-refractivity contribution >= 4 is 12.0 Å². The Balaban J connectivity index is 2.61. The van der Waals surface area contributed by atoms with Crippen molar-refractivity contribution in [2.45, 2.75) is 19.8 Å². The molecule has 2 heteroatoms. The van der Waals surface area contributed by atoms with Crippen LogP contribution in [0.3, 0.4) is 0 Å². The van der Waals surface area contributed by atoms with Gasteiger partial charge < -0.3 is 4.90 Å². The lowest BCUT2D eigenvalue weighted by atomic mass is 9.96. The van der Waals surface area contributed by atoms with E-state index in [2.05, 4.69) is 18.0 Å². The second-order valence-corrected chi connectivity index (χ2v) is 4.00.